The molecule has 0 unspecified atom stereocenters. The number of thioether (sulfide) groups is 1. The van der Waals surface area contributed by atoms with E-state index in [0.717, 1.165) is 37.0 Å². The number of thiazole rings is 1. The minimum absolute atomic E-state index is 0.0112. The fourth-order valence-electron chi connectivity index (χ4n) is 4.67. The molecule has 42 heavy (non-hydrogen) atoms. The number of unbranched alkanes of at least 4 members (excludes halogenated alkanes) is 1. The SMILES string of the molecule is O=C(CCCCC(=O)Nc1ccc([C@H]2O[C@@H](CSc3nc4ccccc4s3)C[C@@H](c3ccc(CO)cc3)O2)cc1)NO. The molecule has 220 valence electrons. The highest BCUT2D eigenvalue weighted by atomic mass is 32.2. The van der Waals surface area contributed by atoms with Crippen molar-refractivity contribution in [3.63, 3.8) is 0 Å². The molecule has 1 aliphatic heterocycles. The smallest absolute Gasteiger partial charge is 0.243 e. The van der Waals surface area contributed by atoms with Gasteiger partial charge < -0.3 is 19.9 Å². The van der Waals surface area contributed by atoms with Crippen LogP contribution in [0.5, 0.6) is 0 Å². The highest BCUT2D eigenvalue weighted by Gasteiger charge is 2.32. The van der Waals surface area contributed by atoms with Crippen molar-refractivity contribution in [3.8, 4) is 0 Å². The van der Waals surface area contributed by atoms with Crippen molar-refractivity contribution in [2.75, 3.05) is 11.1 Å². The lowest BCUT2D eigenvalue weighted by molar-refractivity contribution is -0.245. The molecular formula is C31H33N3O6S2. The van der Waals surface area contributed by atoms with Crippen molar-refractivity contribution in [1.82, 2.24) is 10.5 Å². The van der Waals surface area contributed by atoms with Gasteiger partial charge in [-0.3, -0.25) is 14.8 Å². The first-order valence-electron chi connectivity index (χ1n) is 13.8. The molecular weight excluding hydrogens is 574 g/mol. The maximum Gasteiger partial charge on any atom is 0.243 e. The lowest BCUT2D eigenvalue weighted by atomic mass is 10.0. The number of aromatic nitrogens is 1. The van der Waals surface area contributed by atoms with Crippen LogP contribution in [0, 0.1) is 0 Å². The maximum atomic E-state index is 12.3. The average Bonchev–Trinajstić information content (AvgIpc) is 3.45. The molecule has 4 N–H and O–H groups in total. The van der Waals surface area contributed by atoms with Crippen LogP contribution in [0.4, 0.5) is 5.69 Å². The number of hydrogen-bond donors (Lipinski definition) is 4. The van der Waals surface area contributed by atoms with E-state index in [1.807, 2.05) is 66.7 Å². The fraction of sp³-hybridized carbons (Fsp3) is 0.323. The van der Waals surface area contributed by atoms with Crippen LogP contribution in [0.25, 0.3) is 10.2 Å². The summed E-state index contributed by atoms with van der Waals surface area (Å²) in [4.78, 5) is 28.2. The second-order valence-electron chi connectivity index (χ2n) is 10.0. The highest BCUT2D eigenvalue weighted by molar-refractivity contribution is 8.01. The van der Waals surface area contributed by atoms with Gasteiger partial charge in [-0.15, -0.1) is 11.3 Å². The van der Waals surface area contributed by atoms with Crippen molar-refractivity contribution in [2.24, 2.45) is 0 Å². The van der Waals surface area contributed by atoms with Gasteiger partial charge in [-0.05, 0) is 48.2 Å². The molecule has 1 saturated heterocycles. The number of aliphatic hydroxyl groups is 1. The van der Waals surface area contributed by atoms with Crippen LogP contribution in [0.3, 0.4) is 0 Å². The molecule has 3 atom stereocenters. The summed E-state index contributed by atoms with van der Waals surface area (Å²) < 4.78 is 15.0. The molecule has 1 aliphatic rings. The molecule has 5 rings (SSSR count). The van der Waals surface area contributed by atoms with Crippen LogP contribution in [-0.4, -0.2) is 39.0 Å². The number of rotatable bonds is 12. The Morgan fingerprint density at radius 2 is 1.64 bits per heavy atom. The molecule has 3 aromatic carbocycles. The summed E-state index contributed by atoms with van der Waals surface area (Å²) in [6, 6.07) is 23.3. The average molecular weight is 608 g/mol. The molecule has 0 saturated carbocycles. The third-order valence-electron chi connectivity index (χ3n) is 6.93. The van der Waals surface area contributed by atoms with Crippen molar-refractivity contribution in [2.45, 2.75) is 61.5 Å². The Bertz CT molecular complexity index is 1450. The first-order chi connectivity index (χ1) is 20.5. The summed E-state index contributed by atoms with van der Waals surface area (Å²) >= 11 is 3.36. The molecule has 0 bridgehead atoms. The van der Waals surface area contributed by atoms with Crippen LogP contribution in [0.15, 0.2) is 77.1 Å². The van der Waals surface area contributed by atoms with Crippen LogP contribution in [0.2, 0.25) is 0 Å². The Balaban J connectivity index is 1.23. The minimum Gasteiger partial charge on any atom is -0.392 e. The number of aliphatic hydroxyl groups excluding tert-OH is 1. The van der Waals surface area contributed by atoms with Crippen molar-refractivity contribution in [1.29, 1.82) is 0 Å². The topological polar surface area (TPSA) is 130 Å². The molecule has 1 fully saturated rings. The molecule has 0 spiro atoms. The van der Waals surface area contributed by atoms with E-state index in [1.165, 1.54) is 0 Å². The van der Waals surface area contributed by atoms with Crippen LogP contribution in [-0.2, 0) is 25.7 Å². The Morgan fingerprint density at radius 3 is 2.36 bits per heavy atom. The summed E-state index contributed by atoms with van der Waals surface area (Å²) in [7, 11) is 0. The van der Waals surface area contributed by atoms with E-state index in [9.17, 15) is 14.7 Å². The lowest BCUT2D eigenvalue weighted by Gasteiger charge is -2.36. The van der Waals surface area contributed by atoms with Gasteiger partial charge in [0.05, 0.1) is 29.0 Å². The van der Waals surface area contributed by atoms with Crippen LogP contribution >= 0.6 is 23.1 Å². The van der Waals surface area contributed by atoms with Crippen molar-refractivity contribution >= 4 is 50.8 Å². The third-order valence-corrected chi connectivity index (χ3v) is 9.24. The molecule has 9 nitrogen and oxygen atoms in total. The second kappa shape index (κ2) is 14.7. The Kier molecular flexibility index (Phi) is 10.6. The van der Waals surface area contributed by atoms with E-state index >= 15 is 0 Å². The summed E-state index contributed by atoms with van der Waals surface area (Å²) in [5.74, 6) is 0.120. The Hall–Kier alpha value is -3.32. The monoisotopic (exact) mass is 607 g/mol. The number of benzene rings is 3. The zero-order valence-corrected chi connectivity index (χ0v) is 24.5. The minimum atomic E-state index is -0.593. The van der Waals surface area contributed by atoms with E-state index in [-0.39, 0.29) is 37.6 Å². The number of amides is 2. The molecule has 1 aromatic heterocycles. The summed E-state index contributed by atoms with van der Waals surface area (Å²) in [5.41, 5.74) is 5.96. The Morgan fingerprint density at radius 1 is 0.929 bits per heavy atom. The van der Waals surface area contributed by atoms with Gasteiger partial charge >= 0.3 is 0 Å². The lowest BCUT2D eigenvalue weighted by Crippen LogP contribution is -2.31. The number of nitrogens with zero attached hydrogens (tertiary/aromatic N) is 1. The normalized spacial score (nSPS) is 18.6. The van der Waals surface area contributed by atoms with Crippen LogP contribution in [0.1, 0.15) is 61.2 Å². The van der Waals surface area contributed by atoms with E-state index in [4.69, 9.17) is 19.7 Å². The fourth-order valence-corrected chi connectivity index (χ4v) is 6.79. The van der Waals surface area contributed by atoms with Gasteiger partial charge in [0.2, 0.25) is 11.8 Å². The second-order valence-corrected chi connectivity index (χ2v) is 12.3. The standard InChI is InChI=1S/C31H33N3O6S2/c35-18-20-9-11-21(12-10-20)26-17-24(19-41-31-33-25-5-1-2-6-27(25)42-31)39-30(40-26)22-13-15-23(16-14-22)32-28(36)7-3-4-8-29(37)34-38/h1-2,5-6,9-16,24,26,30,35,38H,3-4,7-8,17-19H2,(H,32,36)(H,34,37)/t24-,26+,30+/m1/s1. The summed E-state index contributed by atoms with van der Waals surface area (Å²) in [5, 5.41) is 20.9. The summed E-state index contributed by atoms with van der Waals surface area (Å²) in [6.45, 7) is -0.0112. The number of para-hydroxylation sites is 1. The van der Waals surface area contributed by atoms with Gasteiger partial charge in [-0.2, -0.15) is 0 Å². The molecule has 4 aromatic rings. The van der Waals surface area contributed by atoms with Crippen molar-refractivity contribution < 1.29 is 29.4 Å². The molecule has 2 heterocycles. The van der Waals surface area contributed by atoms with E-state index in [0.29, 0.717) is 24.9 Å². The number of anilines is 1. The predicted octanol–water partition coefficient (Wildman–Crippen LogP) is 6.13. The molecule has 0 radical (unpaired) electrons. The molecule has 11 heteroatoms. The van der Waals surface area contributed by atoms with Gasteiger partial charge in [0.25, 0.3) is 0 Å². The zero-order chi connectivity index (χ0) is 29.3. The first-order valence-corrected chi connectivity index (χ1v) is 15.6. The third kappa shape index (κ3) is 8.15. The number of hydroxylamine groups is 1. The number of carbonyl (C=O) groups is 2. The number of nitrogens with one attached hydrogen (secondary N) is 2. The number of hydrogen-bond acceptors (Lipinski definition) is 9. The number of ether oxygens (including phenoxy) is 2. The van der Waals surface area contributed by atoms with Crippen molar-refractivity contribution in [3.05, 3.63) is 89.5 Å². The van der Waals surface area contributed by atoms with Gasteiger partial charge in [0, 0.05) is 36.3 Å². The maximum absolute atomic E-state index is 12.3. The number of carbonyl (C=O) groups excluding carboxylic acids is 2. The molecule has 0 aliphatic carbocycles. The van der Waals surface area contributed by atoms with Gasteiger partial charge in [-0.25, -0.2) is 10.5 Å². The van der Waals surface area contributed by atoms with E-state index in [1.54, 1.807) is 28.6 Å². The highest BCUT2D eigenvalue weighted by Crippen LogP contribution is 2.40. The van der Waals surface area contributed by atoms with E-state index in [2.05, 4.69) is 11.4 Å². The predicted molar refractivity (Wildman–Crippen MR) is 162 cm³/mol. The summed E-state index contributed by atoms with van der Waals surface area (Å²) in [6.07, 6.45) is 1.31. The Labute approximate surface area is 252 Å². The van der Waals surface area contributed by atoms with Gasteiger partial charge in [-0.1, -0.05) is 60.3 Å². The zero-order valence-electron chi connectivity index (χ0n) is 22.9. The van der Waals surface area contributed by atoms with Gasteiger partial charge in [0.1, 0.15) is 0 Å². The quantitative estimate of drug-likeness (QED) is 0.0655. The number of fused-ring (bicyclic) bond motifs is 1. The largest absolute Gasteiger partial charge is 0.392 e. The first kappa shape index (κ1) is 30.1. The molecule has 2 amide bonds. The van der Waals surface area contributed by atoms with Gasteiger partial charge in [0.15, 0.2) is 10.6 Å². The van der Waals surface area contributed by atoms with Crippen LogP contribution < -0.4 is 10.8 Å². The van der Waals surface area contributed by atoms with E-state index < -0.39 is 12.2 Å².